The zero-order valence-corrected chi connectivity index (χ0v) is 7.08. The zero-order chi connectivity index (χ0) is 10.8. The number of hydrogen-bond acceptors (Lipinski definition) is 2. The van der Waals surface area contributed by atoms with E-state index in [1.807, 2.05) is 0 Å². The molecule has 6 heteroatoms. The fraction of sp³-hybridized carbons (Fsp3) is 0.250. The molecular weight excluding hydrogens is 197 g/mol. The molecule has 0 fully saturated rings. The number of rotatable bonds is 3. The van der Waals surface area contributed by atoms with Crippen molar-refractivity contribution >= 4 is 6.29 Å². The van der Waals surface area contributed by atoms with Crippen LogP contribution in [0, 0.1) is 0 Å². The van der Waals surface area contributed by atoms with E-state index in [9.17, 15) is 18.0 Å². The van der Waals surface area contributed by atoms with Gasteiger partial charge in [0.1, 0.15) is 5.69 Å². The number of carbonyl (C=O) groups excluding carboxylic acids is 1. The van der Waals surface area contributed by atoms with Gasteiger partial charge in [-0.3, -0.25) is 9.48 Å². The smallest absolute Gasteiger partial charge is 0.296 e. The number of hydrogen-bond donors (Lipinski definition) is 0. The topological polar surface area (TPSA) is 34.9 Å². The molecule has 0 radical (unpaired) electrons. The Kier molecular flexibility index (Phi) is 2.73. The Morgan fingerprint density at radius 2 is 2.21 bits per heavy atom. The highest BCUT2D eigenvalue weighted by molar-refractivity contribution is 5.72. The van der Waals surface area contributed by atoms with E-state index in [4.69, 9.17) is 0 Å². The first-order valence-corrected chi connectivity index (χ1v) is 3.70. The van der Waals surface area contributed by atoms with Crippen LogP contribution in [0.2, 0.25) is 0 Å². The molecular formula is C8H7F3N2O. The normalized spacial score (nSPS) is 11.4. The van der Waals surface area contributed by atoms with Crippen molar-refractivity contribution in [2.75, 3.05) is 0 Å². The molecule has 0 aromatic carbocycles. The minimum Gasteiger partial charge on any atom is -0.296 e. The van der Waals surface area contributed by atoms with Gasteiger partial charge in [0.25, 0.3) is 0 Å². The predicted molar refractivity (Wildman–Crippen MR) is 42.8 cm³/mol. The molecule has 1 heterocycles. The molecule has 14 heavy (non-hydrogen) atoms. The van der Waals surface area contributed by atoms with Gasteiger partial charge >= 0.3 is 6.18 Å². The zero-order valence-electron chi connectivity index (χ0n) is 7.08. The first kappa shape index (κ1) is 10.5. The van der Waals surface area contributed by atoms with Crippen LogP contribution in [-0.2, 0) is 12.7 Å². The molecule has 1 aromatic rings. The van der Waals surface area contributed by atoms with Gasteiger partial charge in [-0.15, -0.1) is 6.58 Å². The van der Waals surface area contributed by atoms with Crippen molar-refractivity contribution in [2.24, 2.45) is 0 Å². The van der Waals surface area contributed by atoms with E-state index >= 15 is 0 Å². The second kappa shape index (κ2) is 3.65. The van der Waals surface area contributed by atoms with Gasteiger partial charge in [-0.25, -0.2) is 0 Å². The van der Waals surface area contributed by atoms with Gasteiger partial charge in [0.05, 0.1) is 6.54 Å². The van der Waals surface area contributed by atoms with Crippen molar-refractivity contribution in [3.05, 3.63) is 30.1 Å². The number of allylic oxidation sites excluding steroid dienone is 1. The third-order valence-electron chi connectivity index (χ3n) is 1.52. The highest BCUT2D eigenvalue weighted by atomic mass is 19.4. The van der Waals surface area contributed by atoms with Crippen molar-refractivity contribution < 1.29 is 18.0 Å². The molecule has 0 atom stereocenters. The molecule has 76 valence electrons. The van der Waals surface area contributed by atoms with Gasteiger partial charge < -0.3 is 0 Å². The monoisotopic (exact) mass is 204 g/mol. The summed E-state index contributed by atoms with van der Waals surface area (Å²) in [6.45, 7) is 3.42. The van der Waals surface area contributed by atoms with Crippen LogP contribution < -0.4 is 0 Å². The van der Waals surface area contributed by atoms with Gasteiger partial charge in [0.2, 0.25) is 0 Å². The Hall–Kier alpha value is -1.59. The highest BCUT2D eigenvalue weighted by Crippen LogP contribution is 2.28. The van der Waals surface area contributed by atoms with Crippen molar-refractivity contribution in [1.82, 2.24) is 9.78 Å². The number of nitrogens with zero attached hydrogens (tertiary/aromatic N) is 2. The Labute approximate surface area is 77.8 Å². The maximum atomic E-state index is 12.1. The van der Waals surface area contributed by atoms with Crippen molar-refractivity contribution in [2.45, 2.75) is 12.7 Å². The largest absolute Gasteiger partial charge is 0.435 e. The fourth-order valence-corrected chi connectivity index (χ4v) is 0.933. The van der Waals surface area contributed by atoms with Crippen LogP contribution in [0.15, 0.2) is 18.7 Å². The van der Waals surface area contributed by atoms with Crippen LogP contribution in [0.4, 0.5) is 13.2 Å². The van der Waals surface area contributed by atoms with Gasteiger partial charge in [0, 0.05) is 0 Å². The average molecular weight is 204 g/mol. The molecule has 0 spiro atoms. The molecule has 0 bridgehead atoms. The van der Waals surface area contributed by atoms with Crippen LogP contribution >= 0.6 is 0 Å². The molecule has 0 saturated heterocycles. The van der Waals surface area contributed by atoms with E-state index in [0.29, 0.717) is 12.4 Å². The van der Waals surface area contributed by atoms with Gasteiger partial charge in [-0.1, -0.05) is 6.08 Å². The average Bonchev–Trinajstić information content (AvgIpc) is 2.47. The number of aldehydes is 1. The summed E-state index contributed by atoms with van der Waals surface area (Å²) in [6.07, 6.45) is -2.84. The molecule has 0 aliphatic heterocycles. The quantitative estimate of drug-likeness (QED) is 0.556. The Morgan fingerprint density at radius 3 is 2.64 bits per heavy atom. The molecule has 1 rings (SSSR count). The second-order valence-electron chi connectivity index (χ2n) is 2.54. The third kappa shape index (κ3) is 2.01. The van der Waals surface area contributed by atoms with Gasteiger partial charge in [-0.2, -0.15) is 18.3 Å². The SMILES string of the molecule is C=CCn1nc(C(F)(F)F)cc1C=O. The summed E-state index contributed by atoms with van der Waals surface area (Å²) >= 11 is 0. The van der Waals surface area contributed by atoms with Crippen molar-refractivity contribution in [1.29, 1.82) is 0 Å². The Balaban J connectivity index is 3.12. The maximum Gasteiger partial charge on any atom is 0.435 e. The first-order valence-electron chi connectivity index (χ1n) is 3.70. The molecule has 0 N–H and O–H groups in total. The lowest BCUT2D eigenvalue weighted by molar-refractivity contribution is -0.141. The van der Waals surface area contributed by atoms with Crippen LogP contribution in [0.1, 0.15) is 16.2 Å². The van der Waals surface area contributed by atoms with Gasteiger partial charge in [-0.05, 0) is 6.07 Å². The van der Waals surface area contributed by atoms with E-state index in [0.717, 1.165) is 4.68 Å². The fourth-order valence-electron chi connectivity index (χ4n) is 0.933. The molecule has 1 aromatic heterocycles. The van der Waals surface area contributed by atoms with E-state index in [1.54, 1.807) is 0 Å². The number of aromatic nitrogens is 2. The summed E-state index contributed by atoms with van der Waals surface area (Å²) in [5.74, 6) is 0. The summed E-state index contributed by atoms with van der Waals surface area (Å²) < 4.78 is 37.4. The van der Waals surface area contributed by atoms with Crippen LogP contribution in [0.3, 0.4) is 0 Å². The van der Waals surface area contributed by atoms with E-state index in [2.05, 4.69) is 11.7 Å². The molecule has 0 unspecified atom stereocenters. The standard InChI is InChI=1S/C8H7F3N2O/c1-2-3-13-6(5-14)4-7(12-13)8(9,10)11/h2,4-5H,1,3H2. The maximum absolute atomic E-state index is 12.1. The lowest BCUT2D eigenvalue weighted by Crippen LogP contribution is -2.08. The summed E-state index contributed by atoms with van der Waals surface area (Å²) in [5, 5.41) is 3.23. The molecule has 0 saturated carbocycles. The van der Waals surface area contributed by atoms with E-state index < -0.39 is 11.9 Å². The number of halogens is 3. The van der Waals surface area contributed by atoms with Crippen LogP contribution in [0.5, 0.6) is 0 Å². The first-order chi connectivity index (χ1) is 6.49. The summed E-state index contributed by atoms with van der Waals surface area (Å²) in [6, 6.07) is 0.705. The molecule has 0 aliphatic carbocycles. The Bertz CT molecular complexity index is 354. The Morgan fingerprint density at radius 1 is 1.57 bits per heavy atom. The van der Waals surface area contributed by atoms with Gasteiger partial charge in [0.15, 0.2) is 12.0 Å². The van der Waals surface area contributed by atoms with Crippen molar-refractivity contribution in [3.8, 4) is 0 Å². The number of alkyl halides is 3. The van der Waals surface area contributed by atoms with Crippen LogP contribution in [0.25, 0.3) is 0 Å². The highest BCUT2D eigenvalue weighted by Gasteiger charge is 2.34. The minimum atomic E-state index is -4.52. The third-order valence-corrected chi connectivity index (χ3v) is 1.52. The molecule has 3 nitrogen and oxygen atoms in total. The van der Waals surface area contributed by atoms with Crippen LogP contribution in [-0.4, -0.2) is 16.1 Å². The minimum absolute atomic E-state index is 0.0736. The lowest BCUT2D eigenvalue weighted by Gasteiger charge is -2.00. The van der Waals surface area contributed by atoms with Crippen molar-refractivity contribution in [3.63, 3.8) is 0 Å². The van der Waals surface area contributed by atoms with E-state index in [-0.39, 0.29) is 12.2 Å². The number of carbonyl (C=O) groups is 1. The second-order valence-corrected chi connectivity index (χ2v) is 2.54. The molecule has 0 amide bonds. The summed E-state index contributed by atoms with van der Waals surface area (Å²) in [5.41, 5.74) is -1.18. The molecule has 0 aliphatic rings. The van der Waals surface area contributed by atoms with E-state index in [1.165, 1.54) is 6.08 Å². The summed E-state index contributed by atoms with van der Waals surface area (Å²) in [7, 11) is 0. The summed E-state index contributed by atoms with van der Waals surface area (Å²) in [4.78, 5) is 10.4. The predicted octanol–water partition coefficient (Wildman–Crippen LogP) is 1.90. The lowest BCUT2D eigenvalue weighted by atomic mass is 10.3.